The molecule has 1 aliphatic heterocycles. The Morgan fingerprint density at radius 1 is 0.875 bits per heavy atom. The highest BCUT2D eigenvalue weighted by Crippen LogP contribution is 2.42. The summed E-state index contributed by atoms with van der Waals surface area (Å²) in [4.78, 5) is 31.8. The van der Waals surface area contributed by atoms with Crippen molar-refractivity contribution in [2.45, 2.75) is 24.9 Å². The van der Waals surface area contributed by atoms with Crippen molar-refractivity contribution in [1.82, 2.24) is 9.88 Å². The predicted octanol–water partition coefficient (Wildman–Crippen LogP) is 5.78. The summed E-state index contributed by atoms with van der Waals surface area (Å²) in [5.74, 6) is 0.880. The van der Waals surface area contributed by atoms with E-state index in [1.54, 1.807) is 14.2 Å². The number of rotatable bonds is 8. The number of oxazole rings is 1. The van der Waals surface area contributed by atoms with Gasteiger partial charge in [0.05, 0.1) is 14.2 Å². The van der Waals surface area contributed by atoms with E-state index in [2.05, 4.69) is 0 Å². The summed E-state index contributed by atoms with van der Waals surface area (Å²) in [7, 11) is 3.18. The van der Waals surface area contributed by atoms with Gasteiger partial charge in [-0.05, 0) is 66.9 Å². The first-order valence-electron chi connectivity index (χ1n) is 12.9. The van der Waals surface area contributed by atoms with Crippen LogP contribution in [0, 0.1) is 0 Å². The SMILES string of the molecule is COc1ccc(-c2nc(C3(C(=O)O)CCN(C(=O)OCc4ccccc4)CC3)oc2-c2ccc(OC)cc2)cc1. The second-order valence-corrected chi connectivity index (χ2v) is 9.57. The molecule has 9 heteroatoms. The molecule has 0 spiro atoms. The minimum Gasteiger partial charge on any atom is -0.497 e. The number of benzene rings is 3. The second-order valence-electron chi connectivity index (χ2n) is 9.57. The quantitative estimate of drug-likeness (QED) is 0.298. The number of likely N-dealkylation sites (tertiary alicyclic amines) is 1. The number of amides is 1. The van der Waals surface area contributed by atoms with Crippen molar-refractivity contribution in [3.8, 4) is 34.1 Å². The molecule has 0 radical (unpaired) electrons. The lowest BCUT2D eigenvalue weighted by Crippen LogP contribution is -2.49. The van der Waals surface area contributed by atoms with Crippen LogP contribution >= 0.6 is 0 Å². The molecule has 40 heavy (non-hydrogen) atoms. The minimum absolute atomic E-state index is 0.105. The highest BCUT2D eigenvalue weighted by molar-refractivity contribution is 5.83. The Morgan fingerprint density at radius 3 is 2.00 bits per heavy atom. The van der Waals surface area contributed by atoms with E-state index in [1.165, 1.54) is 4.90 Å². The number of carboxylic acid groups (broad SMARTS) is 1. The van der Waals surface area contributed by atoms with Crippen LogP contribution in [0.25, 0.3) is 22.6 Å². The first kappa shape index (κ1) is 26.8. The van der Waals surface area contributed by atoms with Gasteiger partial charge in [0.25, 0.3) is 0 Å². The zero-order valence-corrected chi connectivity index (χ0v) is 22.3. The lowest BCUT2D eigenvalue weighted by atomic mass is 9.78. The van der Waals surface area contributed by atoms with Crippen molar-refractivity contribution in [3.05, 3.63) is 90.3 Å². The van der Waals surface area contributed by atoms with E-state index >= 15 is 0 Å². The molecule has 1 N–H and O–H groups in total. The Morgan fingerprint density at radius 2 is 1.45 bits per heavy atom. The van der Waals surface area contributed by atoms with E-state index in [1.807, 2.05) is 78.9 Å². The number of carboxylic acids is 1. The van der Waals surface area contributed by atoms with Gasteiger partial charge in [-0.3, -0.25) is 4.79 Å². The van der Waals surface area contributed by atoms with Gasteiger partial charge < -0.3 is 28.6 Å². The number of nitrogens with zero attached hydrogens (tertiary/aromatic N) is 2. The largest absolute Gasteiger partial charge is 0.497 e. The summed E-state index contributed by atoms with van der Waals surface area (Å²) in [6, 6.07) is 24.0. The fourth-order valence-electron chi connectivity index (χ4n) is 4.81. The third-order valence-electron chi connectivity index (χ3n) is 7.24. The van der Waals surface area contributed by atoms with Gasteiger partial charge in [0, 0.05) is 24.2 Å². The average Bonchev–Trinajstić information content (AvgIpc) is 3.46. The molecule has 2 heterocycles. The van der Waals surface area contributed by atoms with Crippen LogP contribution in [0.1, 0.15) is 24.3 Å². The molecule has 9 nitrogen and oxygen atoms in total. The molecule has 0 saturated carbocycles. The van der Waals surface area contributed by atoms with Crippen molar-refractivity contribution in [2.75, 3.05) is 27.3 Å². The van der Waals surface area contributed by atoms with Crippen LogP contribution in [0.2, 0.25) is 0 Å². The van der Waals surface area contributed by atoms with E-state index in [4.69, 9.17) is 23.6 Å². The van der Waals surface area contributed by atoms with Gasteiger partial charge in [0.2, 0.25) is 5.89 Å². The van der Waals surface area contributed by atoms with E-state index < -0.39 is 17.5 Å². The topological polar surface area (TPSA) is 111 Å². The van der Waals surface area contributed by atoms with Crippen molar-refractivity contribution >= 4 is 12.1 Å². The van der Waals surface area contributed by atoms with E-state index in [0.717, 1.165) is 16.7 Å². The van der Waals surface area contributed by atoms with Crippen LogP contribution in [-0.2, 0) is 21.6 Å². The molecule has 0 unspecified atom stereocenters. The molecule has 1 fully saturated rings. The van der Waals surface area contributed by atoms with Gasteiger partial charge in [0.1, 0.15) is 29.2 Å². The van der Waals surface area contributed by atoms with E-state index in [-0.39, 0.29) is 38.4 Å². The number of aromatic nitrogens is 1. The van der Waals surface area contributed by atoms with Gasteiger partial charge in [-0.1, -0.05) is 30.3 Å². The zero-order valence-electron chi connectivity index (χ0n) is 22.3. The molecular weight excluding hydrogens is 512 g/mol. The molecule has 4 aromatic rings. The minimum atomic E-state index is -1.40. The van der Waals surface area contributed by atoms with Gasteiger partial charge in [-0.15, -0.1) is 0 Å². The Kier molecular flexibility index (Phi) is 7.72. The Labute approximate surface area is 231 Å². The van der Waals surface area contributed by atoms with E-state index in [9.17, 15) is 14.7 Å². The first-order chi connectivity index (χ1) is 19.4. The molecule has 5 rings (SSSR count). The van der Waals surface area contributed by atoms with Crippen LogP contribution in [0.5, 0.6) is 11.5 Å². The molecule has 206 valence electrons. The number of aliphatic carboxylic acids is 1. The number of hydrogen-bond acceptors (Lipinski definition) is 7. The summed E-state index contributed by atoms with van der Waals surface area (Å²) >= 11 is 0. The normalized spacial score (nSPS) is 14.4. The molecule has 1 saturated heterocycles. The second kappa shape index (κ2) is 11.5. The van der Waals surface area contributed by atoms with Gasteiger partial charge in [-0.25, -0.2) is 9.78 Å². The number of carbonyl (C=O) groups is 2. The molecule has 1 aromatic heterocycles. The smallest absolute Gasteiger partial charge is 0.410 e. The Bertz CT molecular complexity index is 1390. The third-order valence-corrected chi connectivity index (χ3v) is 7.24. The van der Waals surface area contributed by atoms with Gasteiger partial charge in [0.15, 0.2) is 5.76 Å². The summed E-state index contributed by atoms with van der Waals surface area (Å²) < 4.78 is 22.3. The van der Waals surface area contributed by atoms with Crippen LogP contribution < -0.4 is 9.47 Å². The van der Waals surface area contributed by atoms with Crippen LogP contribution in [0.15, 0.2) is 83.3 Å². The fraction of sp³-hybridized carbons (Fsp3) is 0.258. The van der Waals surface area contributed by atoms with Gasteiger partial charge in [-0.2, -0.15) is 0 Å². The van der Waals surface area contributed by atoms with Crippen LogP contribution in [0.3, 0.4) is 0 Å². The number of piperidine rings is 1. The molecule has 1 aliphatic rings. The maximum absolute atomic E-state index is 12.8. The number of methoxy groups -OCH3 is 2. The zero-order chi connectivity index (χ0) is 28.1. The summed E-state index contributed by atoms with van der Waals surface area (Å²) in [6.45, 7) is 0.534. The molecule has 0 bridgehead atoms. The fourth-order valence-corrected chi connectivity index (χ4v) is 4.81. The van der Waals surface area contributed by atoms with Crippen molar-refractivity contribution in [2.24, 2.45) is 0 Å². The Balaban J connectivity index is 1.43. The first-order valence-corrected chi connectivity index (χ1v) is 12.9. The summed E-state index contributed by atoms with van der Waals surface area (Å²) in [5.41, 5.74) is 1.48. The van der Waals surface area contributed by atoms with Crippen LogP contribution in [0.4, 0.5) is 4.79 Å². The molecule has 0 atom stereocenters. The lowest BCUT2D eigenvalue weighted by Gasteiger charge is -2.36. The summed E-state index contributed by atoms with van der Waals surface area (Å²) in [6.07, 6.45) is -0.214. The highest BCUT2D eigenvalue weighted by atomic mass is 16.6. The maximum Gasteiger partial charge on any atom is 0.410 e. The van der Waals surface area contributed by atoms with E-state index in [0.29, 0.717) is 23.0 Å². The van der Waals surface area contributed by atoms with Crippen molar-refractivity contribution in [1.29, 1.82) is 0 Å². The standard InChI is InChI=1S/C31H30N2O7/c1-37-24-12-8-22(9-13-24)26-27(23-10-14-25(38-2)15-11-23)40-28(32-26)31(29(34)35)16-18-33(19-17-31)30(36)39-20-21-6-4-3-5-7-21/h3-15H,16-20H2,1-2H3,(H,34,35). The predicted molar refractivity (Wildman–Crippen MR) is 147 cm³/mol. The van der Waals surface area contributed by atoms with Crippen molar-refractivity contribution in [3.63, 3.8) is 0 Å². The molecular formula is C31H30N2O7. The van der Waals surface area contributed by atoms with Gasteiger partial charge >= 0.3 is 12.1 Å². The summed E-state index contributed by atoms with van der Waals surface area (Å²) in [5, 5.41) is 10.4. The Hall–Kier alpha value is -4.79. The van der Waals surface area contributed by atoms with Crippen LogP contribution in [-0.4, -0.2) is 54.4 Å². The molecule has 0 aliphatic carbocycles. The third kappa shape index (κ3) is 5.36. The average molecular weight is 543 g/mol. The maximum atomic E-state index is 12.8. The number of ether oxygens (including phenoxy) is 3. The molecule has 1 amide bonds. The number of carbonyl (C=O) groups excluding carboxylic acids is 1. The molecule has 3 aromatic carbocycles. The monoisotopic (exact) mass is 542 g/mol. The van der Waals surface area contributed by atoms with Crippen molar-refractivity contribution < 1.29 is 33.3 Å². The number of hydrogen-bond donors (Lipinski definition) is 1. The highest BCUT2D eigenvalue weighted by Gasteiger charge is 2.49. The lowest BCUT2D eigenvalue weighted by molar-refractivity contribution is -0.146.